The Hall–Kier alpha value is -6.31. The molecule has 0 unspecified atom stereocenters. The number of aryl methyl sites for hydroxylation is 1. The molecule has 5 heterocycles. The molecule has 5 aliphatic heterocycles. The molecule has 7 aliphatic rings. The van der Waals surface area contributed by atoms with Crippen LogP contribution in [-0.4, -0.2) is 6.85 Å². The molecule has 0 aromatic heterocycles. The standard InChI is InChI=1S/C66H53BN2S3/c1-38-33-45-46(65(4,5)32-31-64(45,2)3)35-49(38)68-50-37-55-54(70-52-25-13-14-26-53(52)71-55)36-47(50)67-62-51(68)34-43-39-19-8-11-23-44(39)66(6,7)61(43)60(62)42-22-18-30-59-63(42)69(67)48-24-12-17-29-58(48)72(59)56-27-15-9-20-40(56)41-21-10-16-28-57(41)72/h8-30,33-37H,31-32H2,1-7H3. The predicted octanol–water partition coefficient (Wildman–Crippen LogP) is 17.6. The van der Waals surface area contributed by atoms with Crippen LogP contribution in [0.25, 0.3) is 33.4 Å². The smallest absolute Gasteiger partial charge is 0.333 e. The third-order valence-corrected chi connectivity index (χ3v) is 24.5. The SMILES string of the molecule is Cc1cc2c(cc1N1c3cc4c(cc3B3c5c1cc1c(c5-c5cccc6c5N3c3ccccc3S63c5ccccc5-c5ccccc53)C(C)(C)c3ccccc3-1)Sc1ccccc1S4)C(C)(C)CCC2(C)C. The number of nitrogens with zero attached hydrogens (tertiary/aromatic N) is 2. The number of hydrogen-bond acceptors (Lipinski definition) is 4. The van der Waals surface area contributed by atoms with Crippen molar-refractivity contribution in [1.29, 1.82) is 0 Å². The van der Waals surface area contributed by atoms with E-state index in [2.05, 4.69) is 228 Å². The topological polar surface area (TPSA) is 6.48 Å². The van der Waals surface area contributed by atoms with E-state index in [0.717, 1.165) is 0 Å². The van der Waals surface area contributed by atoms with Gasteiger partial charge in [0.1, 0.15) is 0 Å². The Balaban J connectivity index is 1.08. The highest BCUT2D eigenvalue weighted by molar-refractivity contribution is 8.34. The van der Waals surface area contributed by atoms with Crippen molar-refractivity contribution in [2.75, 3.05) is 9.71 Å². The molecule has 9 aromatic rings. The summed E-state index contributed by atoms with van der Waals surface area (Å²) in [5, 5.41) is 0. The number of para-hydroxylation sites is 2. The van der Waals surface area contributed by atoms with Gasteiger partial charge in [0, 0.05) is 72.9 Å². The molecule has 0 bridgehead atoms. The monoisotopic (exact) mass is 980 g/mol. The molecule has 72 heavy (non-hydrogen) atoms. The molecule has 0 saturated heterocycles. The molecule has 0 amide bonds. The second-order valence-electron chi connectivity index (χ2n) is 23.1. The van der Waals surface area contributed by atoms with E-state index in [1.807, 2.05) is 23.5 Å². The van der Waals surface area contributed by atoms with Crippen molar-refractivity contribution in [3.8, 4) is 33.4 Å². The highest BCUT2D eigenvalue weighted by atomic mass is 32.3. The van der Waals surface area contributed by atoms with Gasteiger partial charge in [0.25, 0.3) is 0 Å². The molecule has 6 heteroatoms. The van der Waals surface area contributed by atoms with Crippen molar-refractivity contribution in [2.45, 2.75) is 117 Å². The second kappa shape index (κ2) is 14.0. The summed E-state index contributed by atoms with van der Waals surface area (Å²) in [5.74, 6) is 0. The number of fused-ring (bicyclic) bond motifs is 20. The summed E-state index contributed by atoms with van der Waals surface area (Å²) in [6.07, 6.45) is 2.36. The lowest BCUT2D eigenvalue weighted by molar-refractivity contribution is 0.332. The second-order valence-corrected chi connectivity index (χ2v) is 28.2. The van der Waals surface area contributed by atoms with Gasteiger partial charge in [-0.15, -0.1) is 10.0 Å². The first kappa shape index (κ1) is 42.2. The van der Waals surface area contributed by atoms with Crippen LogP contribution in [0.2, 0.25) is 0 Å². The quantitative estimate of drug-likeness (QED) is 0.151. The first-order valence-electron chi connectivity index (χ1n) is 25.8. The highest BCUT2D eigenvalue weighted by Gasteiger charge is 2.56. The molecule has 2 aliphatic carbocycles. The average molecular weight is 981 g/mol. The molecule has 16 rings (SSSR count). The molecule has 1 spiro atoms. The normalized spacial score (nSPS) is 18.5. The van der Waals surface area contributed by atoms with Gasteiger partial charge < -0.3 is 9.71 Å². The van der Waals surface area contributed by atoms with Crippen molar-refractivity contribution in [3.63, 3.8) is 0 Å². The maximum absolute atomic E-state index is 2.84. The first-order valence-corrected chi connectivity index (χ1v) is 29.1. The van der Waals surface area contributed by atoms with E-state index in [4.69, 9.17) is 0 Å². The van der Waals surface area contributed by atoms with Gasteiger partial charge in [-0.3, -0.25) is 0 Å². The van der Waals surface area contributed by atoms with Crippen LogP contribution in [0.3, 0.4) is 0 Å². The van der Waals surface area contributed by atoms with E-state index in [0.29, 0.717) is 0 Å². The van der Waals surface area contributed by atoms with Crippen LogP contribution in [0.1, 0.15) is 82.2 Å². The lowest BCUT2D eigenvalue weighted by atomic mass is 9.42. The van der Waals surface area contributed by atoms with Crippen LogP contribution in [0.5, 0.6) is 0 Å². The van der Waals surface area contributed by atoms with Crippen molar-refractivity contribution in [2.24, 2.45) is 0 Å². The Bertz CT molecular complexity index is 3930. The first-order chi connectivity index (χ1) is 34.9. The van der Waals surface area contributed by atoms with Crippen LogP contribution in [0.4, 0.5) is 28.4 Å². The van der Waals surface area contributed by atoms with Crippen LogP contribution < -0.4 is 20.6 Å². The summed E-state index contributed by atoms with van der Waals surface area (Å²) in [6, 6.07) is 67.1. The van der Waals surface area contributed by atoms with E-state index in [-0.39, 0.29) is 23.1 Å². The average Bonchev–Trinajstić information content (AvgIpc) is 3.82. The number of rotatable bonds is 1. The zero-order chi connectivity index (χ0) is 48.4. The predicted molar refractivity (Wildman–Crippen MR) is 305 cm³/mol. The Kier molecular flexibility index (Phi) is 8.24. The van der Waals surface area contributed by atoms with Gasteiger partial charge in [0.2, 0.25) is 0 Å². The summed E-state index contributed by atoms with van der Waals surface area (Å²) in [7, 11) is -1.93. The third-order valence-electron chi connectivity index (χ3n) is 18.0. The molecule has 0 saturated carbocycles. The number of anilines is 5. The fraction of sp³-hybridized carbons (Fsp3) is 0.182. The van der Waals surface area contributed by atoms with Crippen LogP contribution in [0, 0.1) is 6.92 Å². The van der Waals surface area contributed by atoms with Crippen LogP contribution >= 0.6 is 33.6 Å². The minimum absolute atomic E-state index is 0.0451. The molecule has 0 N–H and O–H groups in total. The molecule has 0 fully saturated rings. The Labute approximate surface area is 434 Å². The number of hydrogen-bond donors (Lipinski definition) is 0. The third kappa shape index (κ3) is 5.09. The van der Waals surface area contributed by atoms with Gasteiger partial charge in [-0.2, -0.15) is 0 Å². The number of benzene rings is 9. The fourth-order valence-corrected chi connectivity index (χ4v) is 21.4. The molecular weight excluding hydrogens is 928 g/mol. The minimum Gasteiger partial charge on any atom is -0.375 e. The molecule has 0 radical (unpaired) electrons. The maximum atomic E-state index is 2.84. The van der Waals surface area contributed by atoms with Crippen molar-refractivity contribution < 1.29 is 0 Å². The van der Waals surface area contributed by atoms with E-state index >= 15 is 0 Å². The van der Waals surface area contributed by atoms with Gasteiger partial charge >= 0.3 is 6.85 Å². The molecule has 2 nitrogen and oxygen atoms in total. The van der Waals surface area contributed by atoms with Gasteiger partial charge in [-0.05, 0) is 164 Å². The van der Waals surface area contributed by atoms with E-state index in [1.54, 1.807) is 0 Å². The molecule has 9 aromatic carbocycles. The minimum atomic E-state index is -1.93. The lowest BCUT2D eigenvalue weighted by Gasteiger charge is -2.54. The summed E-state index contributed by atoms with van der Waals surface area (Å²) in [6.45, 7) is 17.2. The lowest BCUT2D eigenvalue weighted by Crippen LogP contribution is -2.62. The summed E-state index contributed by atoms with van der Waals surface area (Å²) < 4.78 is 0. The van der Waals surface area contributed by atoms with Crippen LogP contribution in [0.15, 0.2) is 209 Å². The largest absolute Gasteiger partial charge is 0.375 e. The summed E-state index contributed by atoms with van der Waals surface area (Å²) in [5.41, 5.74) is 24.7. The van der Waals surface area contributed by atoms with Gasteiger partial charge in [0.05, 0.1) is 5.69 Å². The van der Waals surface area contributed by atoms with Gasteiger partial charge in [-0.25, -0.2) is 0 Å². The molecular formula is C66H53BN2S3. The van der Waals surface area contributed by atoms with E-state index in [1.165, 1.54) is 153 Å². The highest BCUT2D eigenvalue weighted by Crippen LogP contribution is 2.85. The Morgan fingerprint density at radius 3 is 1.74 bits per heavy atom. The Morgan fingerprint density at radius 2 is 1.03 bits per heavy atom. The molecule has 0 atom stereocenters. The summed E-state index contributed by atoms with van der Waals surface area (Å²) >= 11 is 3.88. The fourth-order valence-electron chi connectivity index (χ4n) is 14.6. The zero-order valence-electron chi connectivity index (χ0n) is 41.8. The van der Waals surface area contributed by atoms with Crippen molar-refractivity contribution in [3.05, 3.63) is 198 Å². The van der Waals surface area contributed by atoms with Gasteiger partial charge in [-0.1, -0.05) is 168 Å². The molecule has 348 valence electrons. The zero-order valence-corrected chi connectivity index (χ0v) is 44.2. The maximum Gasteiger partial charge on any atom is 0.333 e. The van der Waals surface area contributed by atoms with E-state index < -0.39 is 10.0 Å². The van der Waals surface area contributed by atoms with Crippen molar-refractivity contribution >= 4 is 79.8 Å². The van der Waals surface area contributed by atoms with Gasteiger partial charge in [0.15, 0.2) is 0 Å². The van der Waals surface area contributed by atoms with Crippen LogP contribution in [-0.2, 0) is 16.2 Å². The Morgan fingerprint density at radius 1 is 0.458 bits per heavy atom. The van der Waals surface area contributed by atoms with E-state index in [9.17, 15) is 0 Å². The summed E-state index contributed by atoms with van der Waals surface area (Å²) in [4.78, 5) is 16.7. The van der Waals surface area contributed by atoms with Crippen molar-refractivity contribution in [1.82, 2.24) is 0 Å².